The summed E-state index contributed by atoms with van der Waals surface area (Å²) < 4.78 is 45.7. The first-order valence-electron chi connectivity index (χ1n) is 12.7. The maximum Gasteiger partial charge on any atom is 0.573 e. The Morgan fingerprint density at radius 1 is 0.829 bits per heavy atom. The van der Waals surface area contributed by atoms with Crippen LogP contribution in [0.15, 0.2) is 72.8 Å². The molecular formula is C30H32F3N3O5. The lowest BCUT2D eigenvalue weighted by molar-refractivity contribution is -0.274. The topological polar surface area (TPSA) is 106 Å². The monoisotopic (exact) mass is 571 g/mol. The third kappa shape index (κ3) is 9.55. The number of carbonyl (C=O) groups is 3. The number of benzene rings is 3. The van der Waals surface area contributed by atoms with Gasteiger partial charge in [-0.3, -0.25) is 9.59 Å². The summed E-state index contributed by atoms with van der Waals surface area (Å²) in [6.45, 7) is 6.39. The third-order valence-electron chi connectivity index (χ3n) is 6.08. The standard InChI is InChI=1S/C30H32F3N3O5/c1-29(2,3)22-11-9-20(10-12-22)26(19-5-7-21(8-6-19)27(38)34-18-17-25(37)40-4)36-28(39)35-23-13-15-24(16-14-23)41-30(31,32)33/h5-16,26H,17-18H2,1-4H3,(H,34,38)(H2,35,36,39). The molecule has 0 heterocycles. The second-order valence-corrected chi connectivity index (χ2v) is 10.2. The number of urea groups is 1. The summed E-state index contributed by atoms with van der Waals surface area (Å²) in [4.78, 5) is 36.7. The van der Waals surface area contributed by atoms with Gasteiger partial charge >= 0.3 is 18.4 Å². The molecule has 3 amide bonds. The van der Waals surface area contributed by atoms with Crippen molar-refractivity contribution in [2.75, 3.05) is 19.0 Å². The molecule has 8 nitrogen and oxygen atoms in total. The van der Waals surface area contributed by atoms with Crippen molar-refractivity contribution in [3.05, 3.63) is 95.1 Å². The van der Waals surface area contributed by atoms with Crippen LogP contribution < -0.4 is 20.7 Å². The Bertz CT molecular complexity index is 1330. The largest absolute Gasteiger partial charge is 0.573 e. The van der Waals surface area contributed by atoms with Gasteiger partial charge in [-0.2, -0.15) is 0 Å². The number of methoxy groups -OCH3 is 1. The summed E-state index contributed by atoms with van der Waals surface area (Å²) in [5.41, 5.74) is 3.11. The average molecular weight is 572 g/mol. The van der Waals surface area contributed by atoms with Crippen molar-refractivity contribution in [3.8, 4) is 5.75 Å². The summed E-state index contributed by atoms with van der Waals surface area (Å²) in [5, 5.41) is 8.16. The van der Waals surface area contributed by atoms with Gasteiger partial charge in [0.2, 0.25) is 0 Å². The number of amides is 3. The number of nitrogens with one attached hydrogen (secondary N) is 3. The molecule has 0 radical (unpaired) electrons. The zero-order chi connectivity index (χ0) is 30.2. The smallest absolute Gasteiger partial charge is 0.469 e. The molecule has 3 aromatic rings. The number of carbonyl (C=O) groups excluding carboxylic acids is 3. The summed E-state index contributed by atoms with van der Waals surface area (Å²) >= 11 is 0. The lowest BCUT2D eigenvalue weighted by Crippen LogP contribution is -2.33. The number of hydrogen-bond acceptors (Lipinski definition) is 5. The molecule has 0 saturated heterocycles. The fraction of sp³-hybridized carbons (Fsp3) is 0.300. The van der Waals surface area contributed by atoms with Crippen molar-refractivity contribution >= 4 is 23.6 Å². The predicted octanol–water partition coefficient (Wildman–Crippen LogP) is 6.09. The van der Waals surface area contributed by atoms with Crippen LogP contribution in [0.4, 0.5) is 23.7 Å². The molecule has 3 aromatic carbocycles. The molecule has 1 atom stereocenters. The first-order chi connectivity index (χ1) is 19.2. The maximum absolute atomic E-state index is 12.9. The summed E-state index contributed by atoms with van der Waals surface area (Å²) in [6, 6.07) is 18.0. The van der Waals surface area contributed by atoms with E-state index in [2.05, 4.69) is 46.2 Å². The molecule has 0 spiro atoms. The molecule has 0 bridgehead atoms. The fourth-order valence-electron chi connectivity index (χ4n) is 3.88. The van der Waals surface area contributed by atoms with Gasteiger partial charge in [0, 0.05) is 17.8 Å². The van der Waals surface area contributed by atoms with Gasteiger partial charge in [0.05, 0.1) is 19.6 Å². The van der Waals surface area contributed by atoms with Gasteiger partial charge in [-0.15, -0.1) is 13.2 Å². The normalized spacial score (nSPS) is 12.2. The van der Waals surface area contributed by atoms with Crippen LogP contribution in [0.2, 0.25) is 0 Å². The molecule has 11 heteroatoms. The van der Waals surface area contributed by atoms with Crippen LogP contribution >= 0.6 is 0 Å². The molecule has 41 heavy (non-hydrogen) atoms. The predicted molar refractivity (Wildman–Crippen MR) is 148 cm³/mol. The number of rotatable bonds is 9. The van der Waals surface area contributed by atoms with Gasteiger partial charge in [-0.25, -0.2) is 4.79 Å². The van der Waals surface area contributed by atoms with Crippen molar-refractivity contribution in [2.45, 2.75) is 45.0 Å². The number of halogens is 3. The Morgan fingerprint density at radius 2 is 1.39 bits per heavy atom. The van der Waals surface area contributed by atoms with Crippen LogP contribution in [0.5, 0.6) is 5.75 Å². The van der Waals surface area contributed by atoms with Gasteiger partial charge in [-0.1, -0.05) is 57.2 Å². The van der Waals surface area contributed by atoms with Crippen molar-refractivity contribution < 1.29 is 37.0 Å². The Morgan fingerprint density at radius 3 is 1.90 bits per heavy atom. The van der Waals surface area contributed by atoms with Crippen LogP contribution in [0.25, 0.3) is 0 Å². The molecule has 0 aliphatic heterocycles. The van der Waals surface area contributed by atoms with Gasteiger partial charge in [-0.05, 0) is 58.5 Å². The highest BCUT2D eigenvalue weighted by atomic mass is 19.4. The SMILES string of the molecule is COC(=O)CCNC(=O)c1ccc(C(NC(=O)Nc2ccc(OC(F)(F)F)cc2)c2ccc(C(C)(C)C)cc2)cc1. The molecule has 3 rings (SSSR count). The van der Waals surface area contributed by atoms with Crippen molar-refractivity contribution in [1.29, 1.82) is 0 Å². The highest BCUT2D eigenvalue weighted by molar-refractivity contribution is 5.94. The van der Waals surface area contributed by atoms with Crippen LogP contribution in [0, 0.1) is 0 Å². The number of esters is 1. The Balaban J connectivity index is 1.78. The fourth-order valence-corrected chi connectivity index (χ4v) is 3.88. The molecule has 0 fully saturated rings. The number of anilines is 1. The van der Waals surface area contributed by atoms with Crippen molar-refractivity contribution in [2.24, 2.45) is 0 Å². The number of alkyl halides is 3. The van der Waals surface area contributed by atoms with E-state index in [9.17, 15) is 27.6 Å². The lowest BCUT2D eigenvalue weighted by atomic mass is 9.85. The van der Waals surface area contributed by atoms with E-state index in [-0.39, 0.29) is 30.0 Å². The highest BCUT2D eigenvalue weighted by Gasteiger charge is 2.31. The molecule has 0 saturated carbocycles. The van der Waals surface area contributed by atoms with E-state index in [1.165, 1.54) is 19.2 Å². The quantitative estimate of drug-likeness (QED) is 0.270. The number of hydrogen-bond donors (Lipinski definition) is 3. The molecule has 3 N–H and O–H groups in total. The Hall–Kier alpha value is -4.54. The number of ether oxygens (including phenoxy) is 2. The molecule has 1 unspecified atom stereocenters. The Labute approximate surface area is 236 Å². The average Bonchev–Trinajstić information content (AvgIpc) is 2.91. The van der Waals surface area contributed by atoms with Gasteiger partial charge in [0.15, 0.2) is 0 Å². The van der Waals surface area contributed by atoms with E-state index in [1.54, 1.807) is 24.3 Å². The molecule has 218 valence electrons. The van der Waals surface area contributed by atoms with Gasteiger partial charge < -0.3 is 25.4 Å². The maximum atomic E-state index is 12.9. The summed E-state index contributed by atoms with van der Waals surface area (Å²) in [7, 11) is 1.27. The molecule has 0 aliphatic carbocycles. The minimum atomic E-state index is -4.82. The molecule has 0 aliphatic rings. The van der Waals surface area contributed by atoms with Gasteiger partial charge in [0.1, 0.15) is 5.75 Å². The lowest BCUT2D eigenvalue weighted by Gasteiger charge is -2.23. The van der Waals surface area contributed by atoms with Gasteiger partial charge in [0.25, 0.3) is 5.91 Å². The zero-order valence-electron chi connectivity index (χ0n) is 23.1. The van der Waals surface area contributed by atoms with Crippen molar-refractivity contribution in [1.82, 2.24) is 10.6 Å². The second kappa shape index (κ2) is 13.2. The van der Waals surface area contributed by atoms with E-state index >= 15 is 0 Å². The summed E-state index contributed by atoms with van der Waals surface area (Å²) in [5.74, 6) is -1.21. The van der Waals surface area contributed by atoms with E-state index < -0.39 is 30.2 Å². The highest BCUT2D eigenvalue weighted by Crippen LogP contribution is 2.28. The van der Waals surface area contributed by atoms with Crippen LogP contribution in [0.3, 0.4) is 0 Å². The van der Waals surface area contributed by atoms with E-state index in [0.717, 1.165) is 23.3 Å². The first kappa shape index (κ1) is 31.0. The zero-order valence-corrected chi connectivity index (χ0v) is 23.1. The van der Waals surface area contributed by atoms with E-state index in [4.69, 9.17) is 0 Å². The van der Waals surface area contributed by atoms with Crippen LogP contribution in [-0.4, -0.2) is 37.9 Å². The van der Waals surface area contributed by atoms with Crippen molar-refractivity contribution in [3.63, 3.8) is 0 Å². The second-order valence-electron chi connectivity index (χ2n) is 10.2. The molecule has 0 aromatic heterocycles. The van der Waals surface area contributed by atoms with E-state index in [0.29, 0.717) is 11.1 Å². The summed E-state index contributed by atoms with van der Waals surface area (Å²) in [6.07, 6.45) is -4.77. The van der Waals surface area contributed by atoms with Crippen LogP contribution in [-0.2, 0) is 14.9 Å². The third-order valence-corrected chi connectivity index (χ3v) is 6.08. The first-order valence-corrected chi connectivity index (χ1v) is 12.7. The molecular weight excluding hydrogens is 539 g/mol. The Kier molecular flexibility index (Phi) is 9.99. The minimum absolute atomic E-state index is 0.0457. The minimum Gasteiger partial charge on any atom is -0.469 e. The van der Waals surface area contributed by atoms with Crippen LogP contribution in [0.1, 0.15) is 60.3 Å². The van der Waals surface area contributed by atoms with E-state index in [1.807, 2.05) is 24.3 Å².